The van der Waals surface area contributed by atoms with Gasteiger partial charge in [0.2, 0.25) is 0 Å². The molecule has 0 bridgehead atoms. The second kappa shape index (κ2) is 8.70. The van der Waals surface area contributed by atoms with E-state index in [4.69, 9.17) is 9.47 Å². The lowest BCUT2D eigenvalue weighted by atomic mass is 10.0. The van der Waals surface area contributed by atoms with Gasteiger partial charge in [-0.25, -0.2) is 0 Å². The predicted octanol–water partition coefficient (Wildman–Crippen LogP) is 4.39. The van der Waals surface area contributed by atoms with Crippen LogP contribution in [0.15, 0.2) is 18.2 Å². The maximum Gasteiger partial charge on any atom is 0.122 e. The Labute approximate surface area is 142 Å². The number of ether oxygens (including phenoxy) is 2. The van der Waals surface area contributed by atoms with Gasteiger partial charge in [0.05, 0.1) is 18.8 Å². The Bertz CT molecular complexity index is 477. The normalized spacial score (nSPS) is 22.5. The molecule has 0 N–H and O–H groups in total. The number of benzene rings is 1. The van der Waals surface area contributed by atoms with E-state index in [1.807, 2.05) is 0 Å². The van der Waals surface area contributed by atoms with Crippen LogP contribution in [0, 0.1) is 6.92 Å². The van der Waals surface area contributed by atoms with Gasteiger partial charge >= 0.3 is 0 Å². The van der Waals surface area contributed by atoms with Crippen molar-refractivity contribution < 1.29 is 9.47 Å². The van der Waals surface area contributed by atoms with Crippen LogP contribution < -0.4 is 4.74 Å². The number of morpholine rings is 1. The third-order valence-corrected chi connectivity index (χ3v) is 4.41. The van der Waals surface area contributed by atoms with Crippen molar-refractivity contribution in [3.63, 3.8) is 0 Å². The molecule has 3 heteroatoms. The molecule has 0 aliphatic carbocycles. The van der Waals surface area contributed by atoms with Crippen molar-refractivity contribution in [1.82, 2.24) is 4.90 Å². The van der Waals surface area contributed by atoms with Gasteiger partial charge in [-0.1, -0.05) is 26.0 Å². The minimum atomic E-state index is 0.357. The van der Waals surface area contributed by atoms with Crippen LogP contribution in [-0.4, -0.2) is 43.3 Å². The van der Waals surface area contributed by atoms with Crippen molar-refractivity contribution >= 4 is 0 Å². The second-order valence-corrected chi connectivity index (χ2v) is 7.27. The van der Waals surface area contributed by atoms with E-state index in [2.05, 4.69) is 57.7 Å². The summed E-state index contributed by atoms with van der Waals surface area (Å²) in [6, 6.07) is 6.54. The third-order valence-electron chi connectivity index (χ3n) is 4.41. The maximum atomic E-state index is 6.07. The Kier molecular flexibility index (Phi) is 6.91. The van der Waals surface area contributed by atoms with Crippen molar-refractivity contribution in [3.8, 4) is 5.75 Å². The molecule has 0 saturated carbocycles. The van der Waals surface area contributed by atoms with Gasteiger partial charge in [-0.2, -0.15) is 0 Å². The van der Waals surface area contributed by atoms with Crippen LogP contribution in [0.2, 0.25) is 0 Å². The molecule has 130 valence electrons. The predicted molar refractivity (Wildman–Crippen MR) is 96.4 cm³/mol. The third kappa shape index (κ3) is 5.82. The Balaban J connectivity index is 1.72. The molecule has 1 heterocycles. The summed E-state index contributed by atoms with van der Waals surface area (Å²) >= 11 is 0. The average Bonchev–Trinajstić information content (AvgIpc) is 2.45. The molecular formula is C20H33NO2. The molecule has 1 saturated heterocycles. The molecule has 2 rings (SSSR count). The van der Waals surface area contributed by atoms with Crippen LogP contribution in [0.5, 0.6) is 5.75 Å². The number of aryl methyl sites for hydroxylation is 1. The Morgan fingerprint density at radius 2 is 1.87 bits per heavy atom. The Morgan fingerprint density at radius 1 is 1.17 bits per heavy atom. The van der Waals surface area contributed by atoms with E-state index < -0.39 is 0 Å². The molecule has 0 unspecified atom stereocenters. The fourth-order valence-corrected chi connectivity index (χ4v) is 3.33. The van der Waals surface area contributed by atoms with Gasteiger partial charge in [-0.3, -0.25) is 4.90 Å². The minimum absolute atomic E-state index is 0.357. The zero-order chi connectivity index (χ0) is 16.8. The van der Waals surface area contributed by atoms with Crippen molar-refractivity contribution in [2.75, 3.05) is 26.2 Å². The fourth-order valence-electron chi connectivity index (χ4n) is 3.33. The lowest BCUT2D eigenvalue weighted by Crippen LogP contribution is -2.45. The van der Waals surface area contributed by atoms with Crippen LogP contribution >= 0.6 is 0 Å². The highest BCUT2D eigenvalue weighted by Gasteiger charge is 2.21. The fraction of sp³-hybridized carbons (Fsp3) is 0.700. The van der Waals surface area contributed by atoms with Crippen LogP contribution in [0.1, 0.15) is 57.6 Å². The van der Waals surface area contributed by atoms with Gasteiger partial charge in [0.1, 0.15) is 5.75 Å². The summed E-state index contributed by atoms with van der Waals surface area (Å²) in [7, 11) is 0. The molecule has 0 amide bonds. The van der Waals surface area contributed by atoms with Crippen LogP contribution in [0.3, 0.4) is 0 Å². The topological polar surface area (TPSA) is 21.7 Å². The Hall–Kier alpha value is -1.06. The first-order valence-electron chi connectivity index (χ1n) is 9.07. The molecule has 0 radical (unpaired) electrons. The summed E-state index contributed by atoms with van der Waals surface area (Å²) < 4.78 is 11.8. The van der Waals surface area contributed by atoms with E-state index in [1.165, 1.54) is 17.5 Å². The molecule has 1 aliphatic rings. The second-order valence-electron chi connectivity index (χ2n) is 7.27. The van der Waals surface area contributed by atoms with Crippen LogP contribution in [-0.2, 0) is 4.74 Å². The van der Waals surface area contributed by atoms with E-state index in [-0.39, 0.29) is 0 Å². The number of rotatable bonds is 7. The molecule has 23 heavy (non-hydrogen) atoms. The molecule has 1 aromatic carbocycles. The zero-order valence-corrected chi connectivity index (χ0v) is 15.5. The van der Waals surface area contributed by atoms with Crippen LogP contribution in [0.25, 0.3) is 0 Å². The monoisotopic (exact) mass is 319 g/mol. The van der Waals surface area contributed by atoms with Crippen LogP contribution in [0.4, 0.5) is 0 Å². The van der Waals surface area contributed by atoms with Gasteiger partial charge in [-0.05, 0) is 63.3 Å². The zero-order valence-electron chi connectivity index (χ0n) is 15.5. The van der Waals surface area contributed by atoms with E-state index in [0.29, 0.717) is 18.1 Å². The van der Waals surface area contributed by atoms with Crippen molar-refractivity contribution in [3.05, 3.63) is 29.3 Å². The van der Waals surface area contributed by atoms with E-state index >= 15 is 0 Å². The van der Waals surface area contributed by atoms with Gasteiger partial charge < -0.3 is 9.47 Å². The number of nitrogens with zero attached hydrogens (tertiary/aromatic N) is 1. The molecular weight excluding hydrogens is 286 g/mol. The van der Waals surface area contributed by atoms with Crippen molar-refractivity contribution in [1.29, 1.82) is 0 Å². The van der Waals surface area contributed by atoms with E-state index in [0.717, 1.165) is 38.4 Å². The van der Waals surface area contributed by atoms with Crippen molar-refractivity contribution in [2.24, 2.45) is 0 Å². The number of hydrogen-bond donors (Lipinski definition) is 0. The summed E-state index contributed by atoms with van der Waals surface area (Å²) in [4.78, 5) is 2.52. The number of unbranched alkanes of at least 4 members (excludes halogenated alkanes) is 1. The maximum absolute atomic E-state index is 6.07. The first-order chi connectivity index (χ1) is 11.0. The highest BCUT2D eigenvalue weighted by atomic mass is 16.5. The van der Waals surface area contributed by atoms with Gasteiger partial charge in [-0.15, -0.1) is 0 Å². The van der Waals surface area contributed by atoms with Gasteiger partial charge in [0.25, 0.3) is 0 Å². The standard InChI is InChI=1S/C20H33NO2/c1-15(2)19-9-8-16(3)12-20(19)22-11-7-6-10-21-13-17(4)23-18(5)14-21/h8-9,12,15,17-18H,6-7,10-11,13-14H2,1-5H3/t17-,18+. The molecule has 2 atom stereocenters. The van der Waals surface area contributed by atoms with Crippen molar-refractivity contribution in [2.45, 2.75) is 65.6 Å². The average molecular weight is 319 g/mol. The van der Waals surface area contributed by atoms with E-state index in [9.17, 15) is 0 Å². The Morgan fingerprint density at radius 3 is 2.52 bits per heavy atom. The summed E-state index contributed by atoms with van der Waals surface area (Å²) in [6.07, 6.45) is 3.00. The summed E-state index contributed by atoms with van der Waals surface area (Å²) in [5.41, 5.74) is 2.58. The molecule has 0 spiro atoms. The van der Waals surface area contributed by atoms with Gasteiger partial charge in [0, 0.05) is 13.1 Å². The highest BCUT2D eigenvalue weighted by Crippen LogP contribution is 2.27. The lowest BCUT2D eigenvalue weighted by molar-refractivity contribution is -0.0682. The molecule has 1 aliphatic heterocycles. The summed E-state index contributed by atoms with van der Waals surface area (Å²) in [6.45, 7) is 15.0. The summed E-state index contributed by atoms with van der Waals surface area (Å²) in [5, 5.41) is 0. The van der Waals surface area contributed by atoms with E-state index in [1.54, 1.807) is 0 Å². The summed E-state index contributed by atoms with van der Waals surface area (Å²) in [5.74, 6) is 1.57. The SMILES string of the molecule is Cc1ccc(C(C)C)c(OCCCCN2C[C@@H](C)O[C@@H](C)C2)c1. The smallest absolute Gasteiger partial charge is 0.122 e. The molecule has 3 nitrogen and oxygen atoms in total. The number of hydrogen-bond acceptors (Lipinski definition) is 3. The first kappa shape index (κ1) is 18.3. The largest absolute Gasteiger partial charge is 0.493 e. The molecule has 1 aromatic rings. The molecule has 1 fully saturated rings. The highest BCUT2D eigenvalue weighted by molar-refractivity contribution is 5.39. The first-order valence-corrected chi connectivity index (χ1v) is 9.07. The quantitative estimate of drug-likeness (QED) is 0.696. The molecule has 0 aromatic heterocycles. The minimum Gasteiger partial charge on any atom is -0.493 e. The van der Waals surface area contributed by atoms with Gasteiger partial charge in [0.15, 0.2) is 0 Å². The lowest BCUT2D eigenvalue weighted by Gasteiger charge is -2.35.